The molecule has 1 saturated carbocycles. The molecule has 5 heteroatoms. The standard InChI is InChI=1S/C15H26N4O/c1-12-9-17-19(10-12)11-13(2)16-8-7-15(20)18-14-5-3-4-6-14/h9-10,13-14,16H,3-8,11H2,1-2H3,(H,18,20)/t13-/m0/s1. The van der Waals surface area contributed by atoms with Crippen LogP contribution >= 0.6 is 0 Å². The third kappa shape index (κ3) is 4.96. The summed E-state index contributed by atoms with van der Waals surface area (Å²) in [5, 5.41) is 10.7. The smallest absolute Gasteiger partial charge is 0.221 e. The molecule has 20 heavy (non-hydrogen) atoms. The van der Waals surface area contributed by atoms with Crippen LogP contribution < -0.4 is 10.6 Å². The van der Waals surface area contributed by atoms with Crippen molar-refractivity contribution < 1.29 is 4.79 Å². The van der Waals surface area contributed by atoms with Crippen molar-refractivity contribution in [1.82, 2.24) is 20.4 Å². The molecule has 0 aromatic carbocycles. The van der Waals surface area contributed by atoms with E-state index in [1.165, 1.54) is 18.4 Å². The predicted octanol–water partition coefficient (Wildman–Crippen LogP) is 1.62. The molecule has 0 unspecified atom stereocenters. The van der Waals surface area contributed by atoms with Gasteiger partial charge in [0.2, 0.25) is 5.91 Å². The minimum Gasteiger partial charge on any atom is -0.353 e. The molecule has 0 radical (unpaired) electrons. The Bertz CT molecular complexity index is 423. The van der Waals surface area contributed by atoms with Crippen LogP contribution in [0.5, 0.6) is 0 Å². The van der Waals surface area contributed by atoms with E-state index in [-0.39, 0.29) is 5.91 Å². The largest absolute Gasteiger partial charge is 0.353 e. The minimum atomic E-state index is 0.173. The first-order chi connectivity index (χ1) is 9.63. The van der Waals surface area contributed by atoms with Crippen LogP contribution in [0, 0.1) is 6.92 Å². The van der Waals surface area contributed by atoms with Gasteiger partial charge in [-0.2, -0.15) is 5.10 Å². The summed E-state index contributed by atoms with van der Waals surface area (Å²) in [7, 11) is 0. The van der Waals surface area contributed by atoms with Gasteiger partial charge in [-0.05, 0) is 32.3 Å². The van der Waals surface area contributed by atoms with Gasteiger partial charge in [0, 0.05) is 31.2 Å². The van der Waals surface area contributed by atoms with Crippen LogP contribution in [0.25, 0.3) is 0 Å². The highest BCUT2D eigenvalue weighted by molar-refractivity contribution is 5.76. The van der Waals surface area contributed by atoms with Crippen LogP contribution in [0.2, 0.25) is 0 Å². The highest BCUT2D eigenvalue weighted by Crippen LogP contribution is 2.17. The molecular formula is C15H26N4O. The monoisotopic (exact) mass is 278 g/mol. The molecule has 2 N–H and O–H groups in total. The summed E-state index contributed by atoms with van der Waals surface area (Å²) in [5.74, 6) is 0.173. The molecule has 1 aromatic rings. The van der Waals surface area contributed by atoms with Crippen molar-refractivity contribution in [1.29, 1.82) is 0 Å². The quantitative estimate of drug-likeness (QED) is 0.797. The van der Waals surface area contributed by atoms with Gasteiger partial charge in [0.05, 0.1) is 12.7 Å². The van der Waals surface area contributed by atoms with E-state index >= 15 is 0 Å². The molecule has 0 saturated heterocycles. The van der Waals surface area contributed by atoms with Crippen molar-refractivity contribution in [3.05, 3.63) is 18.0 Å². The van der Waals surface area contributed by atoms with Crippen LogP contribution in [-0.4, -0.2) is 34.3 Å². The van der Waals surface area contributed by atoms with E-state index in [1.807, 2.05) is 24.0 Å². The summed E-state index contributed by atoms with van der Waals surface area (Å²) in [6, 6.07) is 0.737. The second-order valence-electron chi connectivity index (χ2n) is 5.89. The highest BCUT2D eigenvalue weighted by Gasteiger charge is 2.16. The van der Waals surface area contributed by atoms with Crippen molar-refractivity contribution in [3.63, 3.8) is 0 Å². The summed E-state index contributed by atoms with van der Waals surface area (Å²) >= 11 is 0. The van der Waals surface area contributed by atoms with E-state index in [0.717, 1.165) is 25.9 Å². The van der Waals surface area contributed by atoms with Crippen LogP contribution in [-0.2, 0) is 11.3 Å². The number of hydrogen-bond donors (Lipinski definition) is 2. The molecule has 2 rings (SSSR count). The summed E-state index contributed by atoms with van der Waals surface area (Å²) in [5.41, 5.74) is 1.17. The minimum absolute atomic E-state index is 0.173. The average molecular weight is 278 g/mol. The maximum Gasteiger partial charge on any atom is 0.221 e. The molecule has 112 valence electrons. The van der Waals surface area contributed by atoms with Gasteiger partial charge < -0.3 is 10.6 Å². The molecule has 1 fully saturated rings. The Morgan fingerprint density at radius 2 is 2.25 bits per heavy atom. The number of hydrogen-bond acceptors (Lipinski definition) is 3. The number of rotatable bonds is 7. The third-order valence-electron chi connectivity index (χ3n) is 3.79. The molecule has 0 bridgehead atoms. The fraction of sp³-hybridized carbons (Fsp3) is 0.733. The normalized spacial score (nSPS) is 17.3. The van der Waals surface area contributed by atoms with E-state index < -0.39 is 0 Å². The van der Waals surface area contributed by atoms with Crippen LogP contribution in [0.1, 0.15) is 44.6 Å². The van der Waals surface area contributed by atoms with E-state index in [2.05, 4.69) is 22.7 Å². The number of nitrogens with zero attached hydrogens (tertiary/aromatic N) is 2. The van der Waals surface area contributed by atoms with Crippen molar-refractivity contribution in [2.45, 2.75) is 64.6 Å². The van der Waals surface area contributed by atoms with Crippen LogP contribution in [0.4, 0.5) is 0 Å². The molecule has 1 amide bonds. The Kier molecular flexibility index (Phi) is 5.59. The Morgan fingerprint density at radius 3 is 2.90 bits per heavy atom. The van der Waals surface area contributed by atoms with Crippen molar-refractivity contribution in [3.8, 4) is 0 Å². The highest BCUT2D eigenvalue weighted by atomic mass is 16.1. The molecule has 0 spiro atoms. The third-order valence-corrected chi connectivity index (χ3v) is 3.79. The Morgan fingerprint density at radius 1 is 1.50 bits per heavy atom. The topological polar surface area (TPSA) is 59.0 Å². The Balaban J connectivity index is 1.58. The van der Waals surface area contributed by atoms with Crippen molar-refractivity contribution in [2.75, 3.05) is 6.54 Å². The molecule has 1 heterocycles. The molecule has 1 atom stereocenters. The Labute approximate surface area is 121 Å². The zero-order valence-electron chi connectivity index (χ0n) is 12.6. The van der Waals surface area contributed by atoms with Gasteiger partial charge in [-0.3, -0.25) is 9.48 Å². The van der Waals surface area contributed by atoms with Crippen LogP contribution in [0.15, 0.2) is 12.4 Å². The van der Waals surface area contributed by atoms with Gasteiger partial charge in [0.1, 0.15) is 0 Å². The van der Waals surface area contributed by atoms with Gasteiger partial charge in [-0.1, -0.05) is 12.8 Å². The lowest BCUT2D eigenvalue weighted by molar-refractivity contribution is -0.121. The number of aryl methyl sites for hydroxylation is 1. The van der Waals surface area contributed by atoms with E-state index in [0.29, 0.717) is 18.5 Å². The first-order valence-electron chi connectivity index (χ1n) is 7.65. The summed E-state index contributed by atoms with van der Waals surface area (Å²) in [6.45, 7) is 5.71. The molecular weight excluding hydrogens is 252 g/mol. The fourth-order valence-electron chi connectivity index (χ4n) is 2.71. The summed E-state index contributed by atoms with van der Waals surface area (Å²) in [6.07, 6.45) is 9.25. The maximum atomic E-state index is 11.8. The molecule has 0 aliphatic heterocycles. The first-order valence-corrected chi connectivity index (χ1v) is 7.65. The molecule has 5 nitrogen and oxygen atoms in total. The first kappa shape index (κ1) is 15.0. The van der Waals surface area contributed by atoms with E-state index in [9.17, 15) is 4.79 Å². The predicted molar refractivity (Wildman–Crippen MR) is 79.4 cm³/mol. The number of aromatic nitrogens is 2. The summed E-state index contributed by atoms with van der Waals surface area (Å²) < 4.78 is 1.94. The lowest BCUT2D eigenvalue weighted by atomic mass is 10.2. The molecule has 1 aliphatic rings. The lowest BCUT2D eigenvalue weighted by Crippen LogP contribution is -2.37. The Hall–Kier alpha value is -1.36. The number of amides is 1. The van der Waals surface area contributed by atoms with Gasteiger partial charge in [0.25, 0.3) is 0 Å². The van der Waals surface area contributed by atoms with Crippen molar-refractivity contribution in [2.24, 2.45) is 0 Å². The second-order valence-corrected chi connectivity index (χ2v) is 5.89. The summed E-state index contributed by atoms with van der Waals surface area (Å²) in [4.78, 5) is 11.8. The number of nitrogens with one attached hydrogen (secondary N) is 2. The average Bonchev–Trinajstić information content (AvgIpc) is 3.01. The zero-order valence-corrected chi connectivity index (χ0v) is 12.6. The fourth-order valence-corrected chi connectivity index (χ4v) is 2.71. The van der Waals surface area contributed by atoms with Crippen molar-refractivity contribution >= 4 is 5.91 Å². The van der Waals surface area contributed by atoms with Gasteiger partial charge in [-0.25, -0.2) is 0 Å². The number of carbonyl (C=O) groups excluding carboxylic acids is 1. The van der Waals surface area contributed by atoms with E-state index in [1.54, 1.807) is 0 Å². The SMILES string of the molecule is Cc1cnn(C[C@H](C)NCCC(=O)NC2CCCC2)c1. The maximum absolute atomic E-state index is 11.8. The molecule has 1 aliphatic carbocycles. The molecule has 1 aromatic heterocycles. The van der Waals surface area contributed by atoms with E-state index in [4.69, 9.17) is 0 Å². The zero-order chi connectivity index (χ0) is 14.4. The van der Waals surface area contributed by atoms with Gasteiger partial charge >= 0.3 is 0 Å². The van der Waals surface area contributed by atoms with Crippen LogP contribution in [0.3, 0.4) is 0 Å². The number of carbonyl (C=O) groups is 1. The second kappa shape index (κ2) is 7.43. The van der Waals surface area contributed by atoms with Gasteiger partial charge in [-0.15, -0.1) is 0 Å². The lowest BCUT2D eigenvalue weighted by Gasteiger charge is -2.15. The van der Waals surface area contributed by atoms with Gasteiger partial charge in [0.15, 0.2) is 0 Å².